The van der Waals surface area contributed by atoms with Crippen molar-refractivity contribution in [1.82, 2.24) is 10.2 Å². The lowest BCUT2D eigenvalue weighted by Crippen LogP contribution is -2.52. The van der Waals surface area contributed by atoms with Crippen LogP contribution in [0.5, 0.6) is 11.5 Å². The van der Waals surface area contributed by atoms with Crippen LogP contribution in [0.15, 0.2) is 36.4 Å². The minimum absolute atomic E-state index is 0.0207. The van der Waals surface area contributed by atoms with Crippen LogP contribution in [0.2, 0.25) is 10.0 Å². The Hall–Kier alpha value is -2.69. The summed E-state index contributed by atoms with van der Waals surface area (Å²) in [5.41, 5.74) is 0.852. The third-order valence-electron chi connectivity index (χ3n) is 5.74. The number of nitrogens with one attached hydrogen (secondary N) is 1. The van der Waals surface area contributed by atoms with E-state index < -0.39 is 28.5 Å². The first-order valence-electron chi connectivity index (χ1n) is 12.0. The van der Waals surface area contributed by atoms with Crippen molar-refractivity contribution in [2.75, 3.05) is 37.9 Å². The van der Waals surface area contributed by atoms with Gasteiger partial charge in [0.25, 0.3) is 0 Å². The molecule has 2 amide bonds. The van der Waals surface area contributed by atoms with E-state index in [4.69, 9.17) is 32.7 Å². The summed E-state index contributed by atoms with van der Waals surface area (Å²) in [6.07, 6.45) is 1.32. The van der Waals surface area contributed by atoms with Crippen LogP contribution in [0.25, 0.3) is 0 Å². The van der Waals surface area contributed by atoms with Gasteiger partial charge >= 0.3 is 0 Å². The second-order valence-electron chi connectivity index (χ2n) is 9.14. The molecule has 0 saturated carbocycles. The lowest BCUT2D eigenvalue weighted by Gasteiger charge is -2.33. The highest BCUT2D eigenvalue weighted by Gasteiger charge is 2.32. The molecule has 38 heavy (non-hydrogen) atoms. The molecule has 2 aromatic carbocycles. The monoisotopic (exact) mass is 587 g/mol. The largest absolute Gasteiger partial charge is 0.493 e. The molecule has 12 heteroatoms. The molecule has 0 fully saturated rings. The van der Waals surface area contributed by atoms with Crippen LogP contribution in [0.4, 0.5) is 5.69 Å². The predicted octanol–water partition coefficient (Wildman–Crippen LogP) is 4.36. The highest BCUT2D eigenvalue weighted by Crippen LogP contribution is 2.32. The van der Waals surface area contributed by atoms with E-state index >= 15 is 0 Å². The number of ether oxygens (including phenoxy) is 2. The summed E-state index contributed by atoms with van der Waals surface area (Å²) < 4.78 is 37.1. The lowest BCUT2D eigenvalue weighted by atomic mass is 10.1. The van der Waals surface area contributed by atoms with E-state index in [0.29, 0.717) is 40.1 Å². The van der Waals surface area contributed by atoms with E-state index in [0.717, 1.165) is 10.6 Å². The number of benzene rings is 2. The van der Waals surface area contributed by atoms with Gasteiger partial charge in [-0.2, -0.15) is 0 Å². The van der Waals surface area contributed by atoms with Crippen LogP contribution >= 0.6 is 23.2 Å². The lowest BCUT2D eigenvalue weighted by molar-refractivity contribution is -0.140. The van der Waals surface area contributed by atoms with Crippen LogP contribution in [0.3, 0.4) is 0 Å². The number of hydrogen-bond acceptors (Lipinski definition) is 6. The standard InChI is InChI=1S/C26H35Cl2N3O6S/c1-7-22(26(33)29-14-17(2)3)30(15-18-8-10-20(27)21(28)12-18)25(32)16-31(38(6,34)35)19-9-11-23(36-4)24(13-19)37-5/h8-13,17,22H,7,14-16H2,1-6H3,(H,29,33)/t22-/m0/s1. The topological polar surface area (TPSA) is 105 Å². The Kier molecular flexibility index (Phi) is 11.5. The van der Waals surface area contributed by atoms with E-state index in [1.807, 2.05) is 13.8 Å². The molecule has 2 aromatic rings. The van der Waals surface area contributed by atoms with Gasteiger partial charge in [-0.25, -0.2) is 8.42 Å². The maximum Gasteiger partial charge on any atom is 0.244 e. The van der Waals surface area contributed by atoms with Crippen LogP contribution in [-0.2, 0) is 26.2 Å². The van der Waals surface area contributed by atoms with Gasteiger partial charge < -0.3 is 19.7 Å². The fourth-order valence-electron chi connectivity index (χ4n) is 3.77. The number of sulfonamides is 1. The molecule has 0 unspecified atom stereocenters. The molecule has 0 heterocycles. The zero-order chi connectivity index (χ0) is 28.6. The normalized spacial score (nSPS) is 12.1. The van der Waals surface area contributed by atoms with Gasteiger partial charge in [0.2, 0.25) is 21.8 Å². The summed E-state index contributed by atoms with van der Waals surface area (Å²) in [7, 11) is -1.01. The Balaban J connectivity index is 2.49. The van der Waals surface area contributed by atoms with Crippen molar-refractivity contribution < 1.29 is 27.5 Å². The molecule has 0 saturated heterocycles. The summed E-state index contributed by atoms with van der Waals surface area (Å²) in [5.74, 6) is 0.0271. The van der Waals surface area contributed by atoms with E-state index in [-0.39, 0.29) is 24.1 Å². The van der Waals surface area contributed by atoms with E-state index in [9.17, 15) is 18.0 Å². The van der Waals surface area contributed by atoms with Crippen molar-refractivity contribution in [1.29, 1.82) is 0 Å². The predicted molar refractivity (Wildman–Crippen MR) is 151 cm³/mol. The molecule has 0 aliphatic rings. The van der Waals surface area contributed by atoms with E-state index in [1.54, 1.807) is 31.2 Å². The first kappa shape index (κ1) is 31.5. The number of rotatable bonds is 13. The zero-order valence-corrected chi connectivity index (χ0v) is 24.8. The average Bonchev–Trinajstić information content (AvgIpc) is 2.86. The quantitative estimate of drug-likeness (QED) is 0.373. The van der Waals surface area contributed by atoms with Gasteiger partial charge in [0.05, 0.1) is 36.2 Å². The van der Waals surface area contributed by atoms with Gasteiger partial charge in [0.1, 0.15) is 12.6 Å². The summed E-state index contributed by atoms with van der Waals surface area (Å²) in [5, 5.41) is 3.53. The molecule has 0 aliphatic heterocycles. The Morgan fingerprint density at radius 3 is 2.18 bits per heavy atom. The molecule has 0 aromatic heterocycles. The minimum atomic E-state index is -3.90. The number of halogens is 2. The third-order valence-corrected chi connectivity index (χ3v) is 7.62. The molecular weight excluding hydrogens is 553 g/mol. The van der Waals surface area contributed by atoms with Gasteiger partial charge in [0, 0.05) is 19.2 Å². The molecule has 0 spiro atoms. The Labute approximate surface area is 235 Å². The van der Waals surface area contributed by atoms with Crippen molar-refractivity contribution in [3.63, 3.8) is 0 Å². The highest BCUT2D eigenvalue weighted by molar-refractivity contribution is 7.92. The van der Waals surface area contributed by atoms with Crippen molar-refractivity contribution in [2.45, 2.75) is 39.8 Å². The molecule has 1 atom stereocenters. The summed E-state index contributed by atoms with van der Waals surface area (Å²) >= 11 is 12.2. The Morgan fingerprint density at radius 2 is 1.66 bits per heavy atom. The fourth-order valence-corrected chi connectivity index (χ4v) is 4.93. The SMILES string of the molecule is CC[C@@H](C(=O)NCC(C)C)N(Cc1ccc(Cl)c(Cl)c1)C(=O)CN(c1ccc(OC)c(OC)c1)S(C)(=O)=O. The summed E-state index contributed by atoms with van der Waals surface area (Å²) in [4.78, 5) is 28.3. The number of amides is 2. The average molecular weight is 589 g/mol. The number of methoxy groups -OCH3 is 2. The Bertz CT molecular complexity index is 1240. The van der Waals surface area contributed by atoms with Crippen LogP contribution in [0.1, 0.15) is 32.8 Å². The smallest absolute Gasteiger partial charge is 0.244 e. The van der Waals surface area contributed by atoms with Gasteiger partial charge in [-0.3, -0.25) is 13.9 Å². The number of carbonyl (C=O) groups excluding carboxylic acids is 2. The van der Waals surface area contributed by atoms with Gasteiger partial charge in [-0.05, 0) is 42.2 Å². The second kappa shape index (κ2) is 13.9. The van der Waals surface area contributed by atoms with Crippen LogP contribution < -0.4 is 19.1 Å². The molecule has 1 N–H and O–H groups in total. The molecular formula is C26H35Cl2N3O6S. The molecule has 210 valence electrons. The van der Waals surface area contributed by atoms with Crippen LogP contribution in [0, 0.1) is 5.92 Å². The first-order chi connectivity index (χ1) is 17.8. The fraction of sp³-hybridized carbons (Fsp3) is 0.462. The molecule has 0 radical (unpaired) electrons. The molecule has 0 aliphatic carbocycles. The summed E-state index contributed by atoms with van der Waals surface area (Å²) in [6, 6.07) is 8.63. The van der Waals surface area contributed by atoms with Gasteiger partial charge in [-0.15, -0.1) is 0 Å². The van der Waals surface area contributed by atoms with E-state index in [2.05, 4.69) is 5.32 Å². The first-order valence-corrected chi connectivity index (χ1v) is 14.6. The van der Waals surface area contributed by atoms with Crippen molar-refractivity contribution >= 4 is 50.7 Å². The number of carbonyl (C=O) groups is 2. The minimum Gasteiger partial charge on any atom is -0.493 e. The maximum absolute atomic E-state index is 13.8. The van der Waals surface area contributed by atoms with Crippen LogP contribution in [-0.4, -0.2) is 64.7 Å². The zero-order valence-electron chi connectivity index (χ0n) is 22.5. The van der Waals surface area contributed by atoms with Gasteiger partial charge in [-0.1, -0.05) is 50.0 Å². The second-order valence-corrected chi connectivity index (χ2v) is 11.9. The summed E-state index contributed by atoms with van der Waals surface area (Å²) in [6.45, 7) is 5.64. The highest BCUT2D eigenvalue weighted by atomic mass is 35.5. The van der Waals surface area contributed by atoms with Crippen molar-refractivity contribution in [3.05, 3.63) is 52.0 Å². The Morgan fingerprint density at radius 1 is 1.00 bits per heavy atom. The number of anilines is 1. The van der Waals surface area contributed by atoms with Crippen molar-refractivity contribution in [3.8, 4) is 11.5 Å². The number of hydrogen-bond donors (Lipinski definition) is 1. The third kappa shape index (κ3) is 8.41. The molecule has 9 nitrogen and oxygen atoms in total. The molecule has 0 bridgehead atoms. The number of nitrogens with zero attached hydrogens (tertiary/aromatic N) is 2. The van der Waals surface area contributed by atoms with Gasteiger partial charge in [0.15, 0.2) is 11.5 Å². The van der Waals surface area contributed by atoms with Crippen molar-refractivity contribution in [2.24, 2.45) is 5.92 Å². The van der Waals surface area contributed by atoms with E-state index in [1.165, 1.54) is 31.3 Å². The molecule has 2 rings (SSSR count). The maximum atomic E-state index is 13.8.